The van der Waals surface area contributed by atoms with Crippen molar-refractivity contribution in [2.75, 3.05) is 45.0 Å². The van der Waals surface area contributed by atoms with Crippen molar-refractivity contribution in [1.29, 1.82) is 0 Å². The number of carboxylic acids is 1. The summed E-state index contributed by atoms with van der Waals surface area (Å²) in [6.07, 6.45) is -5.08. The van der Waals surface area contributed by atoms with Crippen LogP contribution in [0, 0.1) is 6.92 Å². The monoisotopic (exact) mass is 489 g/mol. The molecule has 2 rings (SSSR count). The van der Waals surface area contributed by atoms with Gasteiger partial charge in [-0.1, -0.05) is 24.6 Å². The highest BCUT2D eigenvalue weighted by atomic mass is 32.2. The van der Waals surface area contributed by atoms with Gasteiger partial charge >= 0.3 is 12.1 Å². The third kappa shape index (κ3) is 8.37. The quantitative estimate of drug-likeness (QED) is 0.583. The number of alkyl halides is 3. The Morgan fingerprint density at radius 1 is 1.13 bits per heavy atom. The van der Waals surface area contributed by atoms with Crippen LogP contribution in [0.15, 0.2) is 29.2 Å². The van der Waals surface area contributed by atoms with Gasteiger partial charge in [-0.2, -0.15) is 21.8 Å². The molecule has 178 valence electrons. The molecule has 0 amide bonds. The van der Waals surface area contributed by atoms with Crippen LogP contribution in [0.1, 0.15) is 12.5 Å². The number of aryl methyl sites for hydroxylation is 1. The summed E-state index contributed by atoms with van der Waals surface area (Å²) in [7, 11) is -7.13. The van der Waals surface area contributed by atoms with Gasteiger partial charge in [-0.15, -0.1) is 0 Å². The van der Waals surface area contributed by atoms with Gasteiger partial charge in [0.1, 0.15) is 0 Å². The molecular weight excluding hydrogens is 463 g/mol. The van der Waals surface area contributed by atoms with Gasteiger partial charge in [0.25, 0.3) is 0 Å². The molecule has 0 atom stereocenters. The second kappa shape index (κ2) is 11.2. The molecule has 0 bridgehead atoms. The van der Waals surface area contributed by atoms with Crippen LogP contribution in [-0.4, -0.2) is 87.7 Å². The van der Waals surface area contributed by atoms with Crippen molar-refractivity contribution in [1.82, 2.24) is 13.9 Å². The Balaban J connectivity index is 0.000000592. The van der Waals surface area contributed by atoms with E-state index >= 15 is 0 Å². The number of carboxylic acid groups (broad SMARTS) is 1. The molecule has 1 saturated heterocycles. The summed E-state index contributed by atoms with van der Waals surface area (Å²) in [4.78, 5) is 9.09. The van der Waals surface area contributed by atoms with Crippen LogP contribution in [0.5, 0.6) is 0 Å². The van der Waals surface area contributed by atoms with Gasteiger partial charge < -0.3 is 10.4 Å². The molecule has 1 heterocycles. The van der Waals surface area contributed by atoms with Gasteiger partial charge in [-0.05, 0) is 19.1 Å². The van der Waals surface area contributed by atoms with E-state index in [0.717, 1.165) is 5.56 Å². The molecule has 2 N–H and O–H groups in total. The maximum atomic E-state index is 12.7. The average molecular weight is 490 g/mol. The van der Waals surface area contributed by atoms with E-state index in [1.54, 1.807) is 31.2 Å². The molecule has 1 aromatic rings. The standard InChI is InChI=1S/C15H25N3O4S2.C2HF3O2/c1-3-17(24(21,22)15-6-4-14(2)5-7-15)12-13-23(19,20)18-10-8-16-9-11-18;3-2(4,5)1(6)7/h4-7,16H,3,8-13H2,1-2H3;(H,6,7). The third-order valence-electron chi connectivity index (χ3n) is 4.32. The summed E-state index contributed by atoms with van der Waals surface area (Å²) in [5, 5.41) is 10.2. The van der Waals surface area contributed by atoms with Crippen LogP contribution < -0.4 is 5.32 Å². The lowest BCUT2D eigenvalue weighted by atomic mass is 10.2. The highest BCUT2D eigenvalue weighted by Gasteiger charge is 2.38. The number of piperazine rings is 1. The molecule has 0 unspecified atom stereocenters. The molecule has 0 radical (unpaired) electrons. The zero-order valence-electron chi connectivity index (χ0n) is 17.1. The number of nitrogens with one attached hydrogen (secondary N) is 1. The number of sulfonamides is 2. The average Bonchev–Trinajstić information content (AvgIpc) is 2.69. The Morgan fingerprint density at radius 2 is 1.61 bits per heavy atom. The Morgan fingerprint density at radius 3 is 2.03 bits per heavy atom. The van der Waals surface area contributed by atoms with Crippen LogP contribution in [0.4, 0.5) is 13.2 Å². The minimum atomic E-state index is -5.08. The number of carbonyl (C=O) groups is 1. The number of halogens is 3. The molecule has 1 aromatic carbocycles. The van der Waals surface area contributed by atoms with Crippen molar-refractivity contribution in [3.8, 4) is 0 Å². The summed E-state index contributed by atoms with van der Waals surface area (Å²) in [6, 6.07) is 6.58. The zero-order valence-corrected chi connectivity index (χ0v) is 18.7. The molecule has 1 fully saturated rings. The molecule has 1 aliphatic heterocycles. The van der Waals surface area contributed by atoms with Gasteiger partial charge in [-0.3, -0.25) is 0 Å². The number of hydrogen-bond acceptors (Lipinski definition) is 6. The molecule has 14 heteroatoms. The number of nitrogens with zero attached hydrogens (tertiary/aromatic N) is 2. The molecular formula is C17H26F3N3O6S2. The zero-order chi connectivity index (χ0) is 23.9. The van der Waals surface area contributed by atoms with Gasteiger partial charge in [0.15, 0.2) is 0 Å². The SMILES string of the molecule is CCN(CCS(=O)(=O)N1CCNCC1)S(=O)(=O)c1ccc(C)cc1.O=C(O)C(F)(F)F. The Hall–Kier alpha value is -1.74. The van der Waals surface area contributed by atoms with E-state index in [-0.39, 0.29) is 23.7 Å². The summed E-state index contributed by atoms with van der Waals surface area (Å²) in [5.74, 6) is -2.96. The predicted octanol–water partition coefficient (Wildman–Crippen LogP) is 0.874. The number of benzene rings is 1. The lowest BCUT2D eigenvalue weighted by Crippen LogP contribution is -2.48. The minimum absolute atomic E-state index is 0.0427. The fourth-order valence-corrected chi connectivity index (χ4v) is 5.59. The van der Waals surface area contributed by atoms with E-state index < -0.39 is 32.2 Å². The van der Waals surface area contributed by atoms with Crippen LogP contribution >= 0.6 is 0 Å². The lowest BCUT2D eigenvalue weighted by molar-refractivity contribution is -0.192. The smallest absolute Gasteiger partial charge is 0.475 e. The minimum Gasteiger partial charge on any atom is -0.475 e. The van der Waals surface area contributed by atoms with Crippen molar-refractivity contribution in [3.05, 3.63) is 29.8 Å². The number of aliphatic carboxylic acids is 1. The Bertz CT molecular complexity index is 929. The Kier molecular flexibility index (Phi) is 9.88. The highest BCUT2D eigenvalue weighted by molar-refractivity contribution is 7.90. The Labute approximate surface area is 179 Å². The number of hydrogen-bond donors (Lipinski definition) is 2. The first-order valence-electron chi connectivity index (χ1n) is 9.27. The van der Waals surface area contributed by atoms with E-state index in [1.807, 2.05) is 6.92 Å². The van der Waals surface area contributed by atoms with Crippen molar-refractivity contribution >= 4 is 26.0 Å². The van der Waals surface area contributed by atoms with Crippen LogP contribution in [0.2, 0.25) is 0 Å². The van der Waals surface area contributed by atoms with E-state index in [2.05, 4.69) is 5.32 Å². The highest BCUT2D eigenvalue weighted by Crippen LogP contribution is 2.17. The fraction of sp³-hybridized carbons (Fsp3) is 0.588. The van der Waals surface area contributed by atoms with Crippen molar-refractivity contribution in [2.45, 2.75) is 24.9 Å². The van der Waals surface area contributed by atoms with Crippen LogP contribution in [0.25, 0.3) is 0 Å². The first kappa shape index (κ1) is 27.3. The number of rotatable bonds is 7. The van der Waals surface area contributed by atoms with Gasteiger partial charge in [0, 0.05) is 39.3 Å². The lowest BCUT2D eigenvalue weighted by Gasteiger charge is -2.28. The maximum Gasteiger partial charge on any atom is 0.490 e. The van der Waals surface area contributed by atoms with Crippen molar-refractivity contribution in [2.24, 2.45) is 0 Å². The summed E-state index contributed by atoms with van der Waals surface area (Å²) in [5.41, 5.74) is 0.971. The van der Waals surface area contributed by atoms with Gasteiger partial charge in [0.05, 0.1) is 10.6 Å². The first-order chi connectivity index (χ1) is 14.2. The molecule has 31 heavy (non-hydrogen) atoms. The van der Waals surface area contributed by atoms with Crippen LogP contribution in [-0.2, 0) is 24.8 Å². The first-order valence-corrected chi connectivity index (χ1v) is 12.3. The van der Waals surface area contributed by atoms with Gasteiger partial charge in [-0.25, -0.2) is 21.6 Å². The van der Waals surface area contributed by atoms with E-state index in [4.69, 9.17) is 9.90 Å². The van der Waals surface area contributed by atoms with E-state index in [9.17, 15) is 30.0 Å². The second-order valence-corrected chi connectivity index (χ2v) is 10.6. The van der Waals surface area contributed by atoms with E-state index in [0.29, 0.717) is 26.2 Å². The van der Waals surface area contributed by atoms with E-state index in [1.165, 1.54) is 8.61 Å². The largest absolute Gasteiger partial charge is 0.490 e. The maximum absolute atomic E-state index is 12.7. The summed E-state index contributed by atoms with van der Waals surface area (Å²) in [6.45, 7) is 5.89. The van der Waals surface area contributed by atoms with Crippen LogP contribution in [0.3, 0.4) is 0 Å². The summed E-state index contributed by atoms with van der Waals surface area (Å²) >= 11 is 0. The molecule has 0 spiro atoms. The molecule has 1 aliphatic rings. The molecule has 0 saturated carbocycles. The summed E-state index contributed by atoms with van der Waals surface area (Å²) < 4.78 is 84.5. The molecule has 0 aromatic heterocycles. The third-order valence-corrected chi connectivity index (χ3v) is 8.16. The molecule has 9 nitrogen and oxygen atoms in total. The van der Waals surface area contributed by atoms with Crippen molar-refractivity contribution < 1.29 is 39.9 Å². The second-order valence-electron chi connectivity index (χ2n) is 6.58. The fourth-order valence-electron chi connectivity index (χ4n) is 2.58. The molecule has 0 aliphatic carbocycles. The van der Waals surface area contributed by atoms with Crippen molar-refractivity contribution in [3.63, 3.8) is 0 Å². The predicted molar refractivity (Wildman–Crippen MR) is 108 cm³/mol. The normalized spacial score (nSPS) is 15.9. The topological polar surface area (TPSA) is 124 Å². The van der Waals surface area contributed by atoms with Gasteiger partial charge in [0.2, 0.25) is 20.0 Å².